The number of rotatable bonds is 3. The van der Waals surface area contributed by atoms with Crippen LogP contribution in [0, 0.1) is 6.92 Å². The maximum absolute atomic E-state index is 6.06. The maximum Gasteiger partial charge on any atom is 0.128 e. The molecule has 0 saturated heterocycles. The van der Waals surface area contributed by atoms with E-state index in [2.05, 4.69) is 0 Å². The van der Waals surface area contributed by atoms with Gasteiger partial charge in [0.25, 0.3) is 0 Å². The van der Waals surface area contributed by atoms with Crippen LogP contribution in [0.2, 0.25) is 5.02 Å². The molecule has 0 saturated carbocycles. The van der Waals surface area contributed by atoms with E-state index in [1.807, 2.05) is 43.3 Å². The van der Waals surface area contributed by atoms with Gasteiger partial charge in [0.05, 0.1) is 0 Å². The molecule has 2 nitrogen and oxygen atoms in total. The lowest BCUT2D eigenvalue weighted by molar-refractivity contribution is 0.482. The quantitative estimate of drug-likeness (QED) is 0.893. The summed E-state index contributed by atoms with van der Waals surface area (Å²) in [5.41, 5.74) is 7.67. The third-order valence-corrected chi connectivity index (χ3v) is 2.85. The van der Waals surface area contributed by atoms with Crippen molar-refractivity contribution >= 4 is 11.6 Å². The highest BCUT2D eigenvalue weighted by Crippen LogP contribution is 2.26. The van der Waals surface area contributed by atoms with Crippen LogP contribution in [0.15, 0.2) is 42.5 Å². The second-order valence-corrected chi connectivity index (χ2v) is 4.28. The zero-order valence-electron chi connectivity index (χ0n) is 9.61. The molecule has 0 spiro atoms. The van der Waals surface area contributed by atoms with Crippen LogP contribution in [-0.4, -0.2) is 0 Å². The molecule has 0 atom stereocenters. The van der Waals surface area contributed by atoms with Gasteiger partial charge >= 0.3 is 0 Å². The predicted molar refractivity (Wildman–Crippen MR) is 70.6 cm³/mol. The molecule has 0 unspecified atom stereocenters. The van der Waals surface area contributed by atoms with Crippen LogP contribution in [0.4, 0.5) is 0 Å². The number of benzene rings is 2. The smallest absolute Gasteiger partial charge is 0.128 e. The minimum atomic E-state index is 0.434. The van der Waals surface area contributed by atoms with Gasteiger partial charge in [-0.3, -0.25) is 0 Å². The van der Waals surface area contributed by atoms with Gasteiger partial charge in [-0.1, -0.05) is 35.4 Å². The molecule has 0 aliphatic rings. The molecule has 88 valence electrons. The van der Waals surface area contributed by atoms with Gasteiger partial charge in [0.2, 0.25) is 0 Å². The highest BCUT2D eigenvalue weighted by Gasteiger charge is 2.02. The molecule has 2 N–H and O–H groups in total. The van der Waals surface area contributed by atoms with Crippen LogP contribution in [0.3, 0.4) is 0 Å². The molecule has 3 heteroatoms. The molecule has 0 aromatic heterocycles. The van der Waals surface area contributed by atoms with Crippen molar-refractivity contribution in [1.82, 2.24) is 0 Å². The minimum Gasteiger partial charge on any atom is -0.457 e. The van der Waals surface area contributed by atoms with E-state index in [0.29, 0.717) is 11.6 Å². The lowest BCUT2D eigenvalue weighted by Gasteiger charge is -2.08. The summed E-state index contributed by atoms with van der Waals surface area (Å²) >= 11 is 6.06. The number of aryl methyl sites for hydroxylation is 1. The summed E-state index contributed by atoms with van der Waals surface area (Å²) in [5.74, 6) is 1.52. The first-order valence-corrected chi connectivity index (χ1v) is 5.80. The Morgan fingerprint density at radius 2 is 1.71 bits per heavy atom. The van der Waals surface area contributed by atoms with Crippen molar-refractivity contribution < 1.29 is 4.74 Å². The van der Waals surface area contributed by atoms with Gasteiger partial charge in [0.15, 0.2) is 0 Å². The fourth-order valence-corrected chi connectivity index (χ4v) is 1.75. The van der Waals surface area contributed by atoms with Gasteiger partial charge in [0, 0.05) is 11.6 Å². The first-order chi connectivity index (χ1) is 8.19. The lowest BCUT2D eigenvalue weighted by atomic mass is 10.2. The molecule has 0 heterocycles. The highest BCUT2D eigenvalue weighted by atomic mass is 35.5. The van der Waals surface area contributed by atoms with Crippen molar-refractivity contribution in [2.45, 2.75) is 13.5 Å². The second-order valence-electron chi connectivity index (χ2n) is 3.87. The number of hydrogen-bond donors (Lipinski definition) is 1. The third kappa shape index (κ3) is 2.99. The van der Waals surface area contributed by atoms with E-state index in [9.17, 15) is 0 Å². The molecule has 2 aromatic rings. The Morgan fingerprint density at radius 3 is 2.29 bits per heavy atom. The summed E-state index contributed by atoms with van der Waals surface area (Å²) in [6, 6.07) is 13.4. The van der Waals surface area contributed by atoms with Gasteiger partial charge in [-0.2, -0.15) is 0 Å². The van der Waals surface area contributed by atoms with Gasteiger partial charge in [-0.15, -0.1) is 0 Å². The number of ether oxygens (including phenoxy) is 1. The Hall–Kier alpha value is -1.51. The predicted octanol–water partition coefficient (Wildman–Crippen LogP) is 3.90. The molecule has 2 rings (SSSR count). The first-order valence-electron chi connectivity index (χ1n) is 5.42. The SMILES string of the molecule is Cc1ccc(Oc2ccc(CN)c(Cl)c2)cc1. The van der Waals surface area contributed by atoms with E-state index in [0.717, 1.165) is 17.1 Å². The normalized spacial score (nSPS) is 10.3. The Bertz CT molecular complexity index is 508. The second kappa shape index (κ2) is 5.21. The summed E-state index contributed by atoms with van der Waals surface area (Å²) in [6.07, 6.45) is 0. The zero-order valence-corrected chi connectivity index (χ0v) is 10.4. The monoisotopic (exact) mass is 247 g/mol. The van der Waals surface area contributed by atoms with Crippen molar-refractivity contribution in [1.29, 1.82) is 0 Å². The topological polar surface area (TPSA) is 35.2 Å². The van der Waals surface area contributed by atoms with E-state index >= 15 is 0 Å². The molecule has 0 aliphatic carbocycles. The zero-order chi connectivity index (χ0) is 12.3. The van der Waals surface area contributed by atoms with E-state index < -0.39 is 0 Å². The Balaban J connectivity index is 2.19. The Labute approximate surface area is 106 Å². The van der Waals surface area contributed by atoms with Gasteiger partial charge in [-0.05, 0) is 36.8 Å². The van der Waals surface area contributed by atoms with E-state index in [-0.39, 0.29) is 0 Å². The van der Waals surface area contributed by atoms with Crippen LogP contribution in [-0.2, 0) is 6.54 Å². The summed E-state index contributed by atoms with van der Waals surface area (Å²) in [6.45, 7) is 2.47. The molecule has 17 heavy (non-hydrogen) atoms. The lowest BCUT2D eigenvalue weighted by Crippen LogP contribution is -1.97. The number of halogens is 1. The Kier molecular flexibility index (Phi) is 3.67. The molecule has 0 radical (unpaired) electrons. The largest absolute Gasteiger partial charge is 0.457 e. The van der Waals surface area contributed by atoms with Gasteiger partial charge in [-0.25, -0.2) is 0 Å². The van der Waals surface area contributed by atoms with Crippen LogP contribution >= 0.6 is 11.6 Å². The molecule has 0 fully saturated rings. The van der Waals surface area contributed by atoms with Crippen molar-refractivity contribution in [2.75, 3.05) is 0 Å². The van der Waals surface area contributed by atoms with Gasteiger partial charge < -0.3 is 10.5 Å². The fourth-order valence-electron chi connectivity index (χ4n) is 1.50. The molecule has 0 aliphatic heterocycles. The van der Waals surface area contributed by atoms with Crippen LogP contribution < -0.4 is 10.5 Å². The standard InChI is InChI=1S/C14H14ClNO/c1-10-2-5-12(6-3-10)17-13-7-4-11(9-16)14(15)8-13/h2-8H,9,16H2,1H3. The maximum atomic E-state index is 6.06. The molecular weight excluding hydrogens is 234 g/mol. The van der Waals surface area contributed by atoms with Crippen LogP contribution in [0.25, 0.3) is 0 Å². The number of hydrogen-bond acceptors (Lipinski definition) is 2. The van der Waals surface area contributed by atoms with Crippen LogP contribution in [0.1, 0.15) is 11.1 Å². The van der Waals surface area contributed by atoms with Crippen LogP contribution in [0.5, 0.6) is 11.5 Å². The van der Waals surface area contributed by atoms with E-state index in [1.54, 1.807) is 6.07 Å². The Morgan fingerprint density at radius 1 is 1.06 bits per heavy atom. The summed E-state index contributed by atoms with van der Waals surface area (Å²) < 4.78 is 5.69. The molecule has 2 aromatic carbocycles. The van der Waals surface area contributed by atoms with Crippen molar-refractivity contribution in [3.63, 3.8) is 0 Å². The highest BCUT2D eigenvalue weighted by molar-refractivity contribution is 6.31. The molecule has 0 amide bonds. The summed E-state index contributed by atoms with van der Waals surface area (Å²) in [5, 5.41) is 0.636. The fraction of sp³-hybridized carbons (Fsp3) is 0.143. The van der Waals surface area contributed by atoms with Gasteiger partial charge in [0.1, 0.15) is 11.5 Å². The summed E-state index contributed by atoms with van der Waals surface area (Å²) in [7, 11) is 0. The summed E-state index contributed by atoms with van der Waals surface area (Å²) in [4.78, 5) is 0. The van der Waals surface area contributed by atoms with E-state index in [1.165, 1.54) is 5.56 Å². The van der Waals surface area contributed by atoms with Crippen molar-refractivity contribution in [2.24, 2.45) is 5.73 Å². The third-order valence-electron chi connectivity index (χ3n) is 2.50. The van der Waals surface area contributed by atoms with Crippen molar-refractivity contribution in [3.05, 3.63) is 58.6 Å². The molecule has 0 bridgehead atoms. The molecular formula is C14H14ClNO. The van der Waals surface area contributed by atoms with Crippen molar-refractivity contribution in [3.8, 4) is 11.5 Å². The average molecular weight is 248 g/mol. The minimum absolute atomic E-state index is 0.434. The average Bonchev–Trinajstić information content (AvgIpc) is 2.32. The number of nitrogens with two attached hydrogens (primary N) is 1. The first kappa shape index (κ1) is 12.0. The van der Waals surface area contributed by atoms with E-state index in [4.69, 9.17) is 22.1 Å².